The SMILES string of the molecule is Cc1cc(CS(=O)[O-])ccc1N. The minimum Gasteiger partial charge on any atom is -0.772 e. The predicted molar refractivity (Wildman–Crippen MR) is 48.2 cm³/mol. The third kappa shape index (κ3) is 2.32. The average molecular weight is 184 g/mol. The molecule has 0 heterocycles. The molecule has 1 atom stereocenters. The first-order valence-electron chi connectivity index (χ1n) is 3.50. The molecule has 3 nitrogen and oxygen atoms in total. The highest BCUT2D eigenvalue weighted by Gasteiger charge is 1.96. The first-order chi connectivity index (χ1) is 5.59. The molecule has 0 bridgehead atoms. The third-order valence-corrected chi connectivity index (χ3v) is 2.19. The molecule has 66 valence electrons. The molecule has 1 rings (SSSR count). The van der Waals surface area contributed by atoms with Gasteiger partial charge in [-0.2, -0.15) is 0 Å². The molecule has 0 saturated heterocycles. The molecule has 1 aromatic rings. The number of nitrogen functional groups attached to an aromatic ring is 1. The average Bonchev–Trinajstić information content (AvgIpc) is 1.96. The third-order valence-electron chi connectivity index (χ3n) is 1.62. The number of hydrogen-bond donors (Lipinski definition) is 1. The van der Waals surface area contributed by atoms with E-state index in [1.807, 2.05) is 6.92 Å². The van der Waals surface area contributed by atoms with Crippen molar-refractivity contribution in [1.29, 1.82) is 0 Å². The van der Waals surface area contributed by atoms with Crippen LogP contribution in [0.25, 0.3) is 0 Å². The highest BCUT2D eigenvalue weighted by atomic mass is 32.2. The van der Waals surface area contributed by atoms with Crippen molar-refractivity contribution in [3.8, 4) is 0 Å². The zero-order valence-corrected chi connectivity index (χ0v) is 7.56. The molecule has 0 aliphatic rings. The first-order valence-corrected chi connectivity index (χ1v) is 4.75. The lowest BCUT2D eigenvalue weighted by atomic mass is 10.1. The number of nitrogens with two attached hydrogens (primary N) is 1. The van der Waals surface area contributed by atoms with Gasteiger partial charge in [0, 0.05) is 11.4 Å². The Balaban J connectivity index is 2.89. The molecule has 1 unspecified atom stereocenters. The minimum absolute atomic E-state index is 0.0567. The van der Waals surface area contributed by atoms with Gasteiger partial charge in [0.05, 0.1) is 0 Å². The van der Waals surface area contributed by atoms with Crippen LogP contribution in [0.1, 0.15) is 11.1 Å². The van der Waals surface area contributed by atoms with Gasteiger partial charge in [0.2, 0.25) is 0 Å². The van der Waals surface area contributed by atoms with Gasteiger partial charge in [0.15, 0.2) is 0 Å². The summed E-state index contributed by atoms with van der Waals surface area (Å²) in [7, 11) is 0. The minimum atomic E-state index is -2.02. The van der Waals surface area contributed by atoms with E-state index >= 15 is 0 Å². The van der Waals surface area contributed by atoms with Crippen LogP contribution < -0.4 is 5.73 Å². The van der Waals surface area contributed by atoms with E-state index in [1.165, 1.54) is 0 Å². The van der Waals surface area contributed by atoms with Crippen molar-refractivity contribution in [3.63, 3.8) is 0 Å². The van der Waals surface area contributed by atoms with Crippen molar-refractivity contribution < 1.29 is 8.76 Å². The van der Waals surface area contributed by atoms with E-state index in [4.69, 9.17) is 5.73 Å². The topological polar surface area (TPSA) is 66.1 Å². The van der Waals surface area contributed by atoms with Crippen LogP contribution in [0.15, 0.2) is 18.2 Å². The maximum atomic E-state index is 10.3. The summed E-state index contributed by atoms with van der Waals surface area (Å²) in [4.78, 5) is 0. The van der Waals surface area contributed by atoms with Crippen LogP contribution in [0, 0.1) is 6.92 Å². The summed E-state index contributed by atoms with van der Waals surface area (Å²) in [5, 5.41) is 0. The van der Waals surface area contributed by atoms with Gasteiger partial charge in [-0.25, -0.2) is 0 Å². The standard InChI is InChI=1S/C8H11NO2S/c1-6-4-7(5-12(10)11)2-3-8(6)9/h2-4H,5,9H2,1H3,(H,10,11)/p-1. The van der Waals surface area contributed by atoms with E-state index in [-0.39, 0.29) is 5.75 Å². The van der Waals surface area contributed by atoms with Crippen molar-refractivity contribution >= 4 is 16.8 Å². The molecule has 0 aromatic heterocycles. The Labute approximate surface area is 73.9 Å². The molecule has 0 aliphatic heterocycles. The van der Waals surface area contributed by atoms with E-state index in [2.05, 4.69) is 0 Å². The fraction of sp³-hybridized carbons (Fsp3) is 0.250. The lowest BCUT2D eigenvalue weighted by Gasteiger charge is -2.06. The summed E-state index contributed by atoms with van der Waals surface area (Å²) in [5.74, 6) is 0.0567. The van der Waals surface area contributed by atoms with E-state index in [0.717, 1.165) is 11.1 Å². The van der Waals surface area contributed by atoms with Gasteiger partial charge in [-0.05, 0) is 24.1 Å². The van der Waals surface area contributed by atoms with Crippen LogP contribution in [-0.2, 0) is 16.8 Å². The maximum Gasteiger partial charge on any atom is 0.0353 e. The largest absolute Gasteiger partial charge is 0.772 e. The van der Waals surface area contributed by atoms with Crippen LogP contribution >= 0.6 is 0 Å². The van der Waals surface area contributed by atoms with Crippen molar-refractivity contribution in [2.75, 3.05) is 5.73 Å². The van der Waals surface area contributed by atoms with Gasteiger partial charge in [0.1, 0.15) is 0 Å². The van der Waals surface area contributed by atoms with Gasteiger partial charge >= 0.3 is 0 Å². The molecule has 12 heavy (non-hydrogen) atoms. The Morgan fingerprint density at radius 2 is 2.25 bits per heavy atom. The van der Waals surface area contributed by atoms with Crippen LogP contribution in [0.5, 0.6) is 0 Å². The Hall–Kier alpha value is -0.870. The monoisotopic (exact) mass is 184 g/mol. The molecule has 2 N–H and O–H groups in total. The summed E-state index contributed by atoms with van der Waals surface area (Å²) in [6.07, 6.45) is 0. The molecule has 0 spiro atoms. The Morgan fingerprint density at radius 3 is 2.75 bits per heavy atom. The second kappa shape index (κ2) is 3.69. The Kier molecular flexibility index (Phi) is 2.83. The van der Waals surface area contributed by atoms with Crippen molar-refractivity contribution in [1.82, 2.24) is 0 Å². The summed E-state index contributed by atoms with van der Waals surface area (Å²) >= 11 is -2.02. The Bertz CT molecular complexity index is 312. The zero-order valence-electron chi connectivity index (χ0n) is 6.74. The van der Waals surface area contributed by atoms with Crippen LogP contribution in [-0.4, -0.2) is 8.76 Å². The molecule has 0 saturated carbocycles. The zero-order chi connectivity index (χ0) is 9.14. The van der Waals surface area contributed by atoms with Crippen molar-refractivity contribution in [2.45, 2.75) is 12.7 Å². The van der Waals surface area contributed by atoms with Gasteiger partial charge in [-0.3, -0.25) is 4.21 Å². The quantitative estimate of drug-likeness (QED) is 0.550. The lowest BCUT2D eigenvalue weighted by molar-refractivity contribution is 0.536. The number of benzene rings is 1. The Morgan fingerprint density at radius 1 is 1.58 bits per heavy atom. The van der Waals surface area contributed by atoms with E-state index in [9.17, 15) is 8.76 Å². The lowest BCUT2D eigenvalue weighted by Crippen LogP contribution is -1.96. The van der Waals surface area contributed by atoms with E-state index < -0.39 is 11.1 Å². The highest BCUT2D eigenvalue weighted by molar-refractivity contribution is 7.78. The van der Waals surface area contributed by atoms with E-state index in [0.29, 0.717) is 5.69 Å². The number of anilines is 1. The molecular weight excluding hydrogens is 174 g/mol. The summed E-state index contributed by atoms with van der Waals surface area (Å²) in [5.41, 5.74) is 7.94. The molecule has 0 fully saturated rings. The molecule has 0 amide bonds. The number of rotatable bonds is 2. The second-order valence-corrected chi connectivity index (χ2v) is 3.54. The highest BCUT2D eigenvalue weighted by Crippen LogP contribution is 2.13. The van der Waals surface area contributed by atoms with Crippen LogP contribution in [0.2, 0.25) is 0 Å². The molecule has 0 aliphatic carbocycles. The van der Waals surface area contributed by atoms with E-state index in [1.54, 1.807) is 18.2 Å². The van der Waals surface area contributed by atoms with Crippen molar-refractivity contribution in [2.24, 2.45) is 0 Å². The summed E-state index contributed by atoms with van der Waals surface area (Å²) < 4.78 is 20.7. The fourth-order valence-electron chi connectivity index (χ4n) is 0.964. The van der Waals surface area contributed by atoms with Crippen molar-refractivity contribution in [3.05, 3.63) is 29.3 Å². The van der Waals surface area contributed by atoms with Gasteiger partial charge in [-0.15, -0.1) is 0 Å². The smallest absolute Gasteiger partial charge is 0.0353 e. The van der Waals surface area contributed by atoms with Crippen LogP contribution in [0.4, 0.5) is 5.69 Å². The second-order valence-electron chi connectivity index (χ2n) is 2.64. The van der Waals surface area contributed by atoms with Gasteiger partial charge in [-0.1, -0.05) is 23.2 Å². The predicted octanol–water partition coefficient (Wildman–Crippen LogP) is 0.956. The first kappa shape index (κ1) is 9.22. The number of aryl methyl sites for hydroxylation is 1. The van der Waals surface area contributed by atoms with Gasteiger partial charge in [0.25, 0.3) is 0 Å². The fourth-order valence-corrected chi connectivity index (χ4v) is 1.42. The summed E-state index contributed by atoms with van der Waals surface area (Å²) in [6.45, 7) is 1.85. The molecule has 4 heteroatoms. The molecule has 1 aromatic carbocycles. The number of hydrogen-bond acceptors (Lipinski definition) is 3. The van der Waals surface area contributed by atoms with Crippen LogP contribution in [0.3, 0.4) is 0 Å². The van der Waals surface area contributed by atoms with Gasteiger partial charge < -0.3 is 10.3 Å². The normalized spacial score (nSPS) is 12.8. The maximum absolute atomic E-state index is 10.3. The molecular formula is C8H10NO2S-. The summed E-state index contributed by atoms with van der Waals surface area (Å²) in [6, 6.07) is 5.22. The molecule has 0 radical (unpaired) electrons.